The Morgan fingerprint density at radius 3 is 2.81 bits per heavy atom. The highest BCUT2D eigenvalue weighted by atomic mass is 35.5. The number of carbonyl (C=O) groups excluding carboxylic acids is 1. The molecule has 1 aliphatic rings. The number of hydrogen-bond acceptors (Lipinski definition) is 4. The number of carbonyl (C=O) groups is 1. The first kappa shape index (κ1) is 17.8. The summed E-state index contributed by atoms with van der Waals surface area (Å²) in [7, 11) is 0. The molecule has 118 valence electrons. The average Bonchev–Trinajstić information content (AvgIpc) is 2.45. The fourth-order valence-corrected chi connectivity index (χ4v) is 2.14. The number of halogens is 2. The summed E-state index contributed by atoms with van der Waals surface area (Å²) in [5.41, 5.74) is 0.563. The van der Waals surface area contributed by atoms with Crippen LogP contribution in [-0.4, -0.2) is 42.9 Å². The lowest BCUT2D eigenvalue weighted by molar-refractivity contribution is -0.129. The summed E-state index contributed by atoms with van der Waals surface area (Å²) in [4.78, 5) is 12.0. The van der Waals surface area contributed by atoms with Crippen molar-refractivity contribution in [1.82, 2.24) is 10.6 Å². The molecule has 3 atom stereocenters. The van der Waals surface area contributed by atoms with E-state index in [4.69, 9.17) is 4.74 Å². The maximum absolute atomic E-state index is 12.8. The van der Waals surface area contributed by atoms with Crippen molar-refractivity contribution in [1.29, 1.82) is 0 Å². The number of amides is 1. The number of hydrogen-bond donors (Lipinski definition) is 3. The van der Waals surface area contributed by atoms with Gasteiger partial charge in [-0.25, -0.2) is 4.39 Å². The molecule has 0 spiro atoms. The molecule has 0 bridgehead atoms. The lowest BCUT2D eigenvalue weighted by Gasteiger charge is -2.29. The molecule has 1 amide bonds. The van der Waals surface area contributed by atoms with Crippen LogP contribution in [0.4, 0.5) is 4.39 Å². The van der Waals surface area contributed by atoms with E-state index in [0.717, 1.165) is 0 Å². The molecule has 2 rings (SSSR count). The van der Waals surface area contributed by atoms with E-state index < -0.39 is 12.1 Å². The first-order valence-corrected chi connectivity index (χ1v) is 6.64. The van der Waals surface area contributed by atoms with Gasteiger partial charge < -0.3 is 20.5 Å². The first-order chi connectivity index (χ1) is 9.58. The van der Waals surface area contributed by atoms with Gasteiger partial charge in [0.2, 0.25) is 5.91 Å². The zero-order chi connectivity index (χ0) is 14.5. The van der Waals surface area contributed by atoms with Gasteiger partial charge in [0.25, 0.3) is 0 Å². The topological polar surface area (TPSA) is 70.6 Å². The van der Waals surface area contributed by atoms with Crippen molar-refractivity contribution in [3.8, 4) is 0 Å². The second kappa shape index (κ2) is 8.29. The molecule has 0 saturated carbocycles. The van der Waals surface area contributed by atoms with Crippen molar-refractivity contribution in [2.75, 3.05) is 19.7 Å². The summed E-state index contributed by atoms with van der Waals surface area (Å²) in [6.07, 6.45) is -1.06. The highest BCUT2D eigenvalue weighted by molar-refractivity contribution is 5.85. The molecule has 5 nitrogen and oxygen atoms in total. The fraction of sp³-hybridized carbons (Fsp3) is 0.500. The maximum atomic E-state index is 12.8. The molecule has 1 saturated heterocycles. The van der Waals surface area contributed by atoms with Crippen molar-refractivity contribution < 1.29 is 19.0 Å². The van der Waals surface area contributed by atoms with Gasteiger partial charge >= 0.3 is 0 Å². The Bertz CT molecular complexity index is 458. The van der Waals surface area contributed by atoms with E-state index in [1.807, 2.05) is 6.92 Å². The van der Waals surface area contributed by atoms with Crippen molar-refractivity contribution in [2.45, 2.75) is 25.2 Å². The van der Waals surface area contributed by atoms with Crippen molar-refractivity contribution in [2.24, 2.45) is 0 Å². The Hall–Kier alpha value is -1.21. The monoisotopic (exact) mass is 318 g/mol. The highest BCUT2D eigenvalue weighted by Gasteiger charge is 2.28. The zero-order valence-electron chi connectivity index (χ0n) is 11.7. The Morgan fingerprint density at radius 1 is 1.52 bits per heavy atom. The van der Waals surface area contributed by atoms with Gasteiger partial charge in [-0.05, 0) is 24.6 Å². The zero-order valence-corrected chi connectivity index (χ0v) is 12.5. The third-order valence-corrected chi connectivity index (χ3v) is 3.32. The van der Waals surface area contributed by atoms with Crippen LogP contribution in [0.25, 0.3) is 0 Å². The van der Waals surface area contributed by atoms with Crippen molar-refractivity contribution in [3.63, 3.8) is 0 Å². The first-order valence-electron chi connectivity index (χ1n) is 6.64. The van der Waals surface area contributed by atoms with Crippen LogP contribution in [0.1, 0.15) is 18.6 Å². The van der Waals surface area contributed by atoms with E-state index in [1.165, 1.54) is 24.3 Å². The molecule has 3 N–H and O–H groups in total. The Balaban J connectivity index is 0.00000220. The van der Waals surface area contributed by atoms with Crippen LogP contribution < -0.4 is 10.6 Å². The van der Waals surface area contributed by atoms with E-state index in [9.17, 15) is 14.3 Å². The van der Waals surface area contributed by atoms with Gasteiger partial charge in [0.15, 0.2) is 0 Å². The number of rotatable bonds is 4. The SMILES string of the molecule is C[C@H]1OCCN[C@@H]1C(=O)NCC(O)c1ccc(F)cc1.Cl. The van der Waals surface area contributed by atoms with Gasteiger partial charge in [0.1, 0.15) is 11.9 Å². The molecule has 1 fully saturated rings. The Labute approximate surface area is 129 Å². The van der Waals surface area contributed by atoms with Crippen LogP contribution in [0.3, 0.4) is 0 Å². The lowest BCUT2D eigenvalue weighted by Crippen LogP contribution is -2.55. The van der Waals surface area contributed by atoms with Crippen LogP contribution in [0.5, 0.6) is 0 Å². The predicted molar refractivity (Wildman–Crippen MR) is 78.8 cm³/mol. The summed E-state index contributed by atoms with van der Waals surface area (Å²) < 4.78 is 18.2. The number of benzene rings is 1. The normalized spacial score (nSPS) is 23.0. The minimum atomic E-state index is -0.862. The van der Waals surface area contributed by atoms with Crippen LogP contribution in [-0.2, 0) is 9.53 Å². The van der Waals surface area contributed by atoms with Crippen molar-refractivity contribution >= 4 is 18.3 Å². The Kier molecular flexibility index (Phi) is 7.04. The molecule has 1 heterocycles. The van der Waals surface area contributed by atoms with E-state index in [1.54, 1.807) is 0 Å². The summed E-state index contributed by atoms with van der Waals surface area (Å²) in [5.74, 6) is -0.569. The van der Waals surface area contributed by atoms with E-state index in [0.29, 0.717) is 18.7 Å². The van der Waals surface area contributed by atoms with Gasteiger partial charge in [-0.2, -0.15) is 0 Å². The third kappa shape index (κ3) is 4.93. The summed E-state index contributed by atoms with van der Waals surface area (Å²) in [5, 5.41) is 15.7. The molecule has 0 aliphatic carbocycles. The molecule has 1 unspecified atom stereocenters. The molecule has 21 heavy (non-hydrogen) atoms. The smallest absolute Gasteiger partial charge is 0.239 e. The van der Waals surface area contributed by atoms with E-state index in [-0.39, 0.29) is 36.8 Å². The molecule has 1 aliphatic heterocycles. The van der Waals surface area contributed by atoms with Gasteiger partial charge in [-0.15, -0.1) is 12.4 Å². The van der Waals surface area contributed by atoms with E-state index in [2.05, 4.69) is 10.6 Å². The highest BCUT2D eigenvalue weighted by Crippen LogP contribution is 2.12. The number of morpholine rings is 1. The molecular weight excluding hydrogens is 299 g/mol. The van der Waals surface area contributed by atoms with Crippen molar-refractivity contribution in [3.05, 3.63) is 35.6 Å². The molecule has 7 heteroatoms. The molecular formula is C14H20ClFN2O3. The van der Waals surface area contributed by atoms with E-state index >= 15 is 0 Å². The Morgan fingerprint density at radius 2 is 2.19 bits per heavy atom. The number of aliphatic hydroxyl groups is 1. The third-order valence-electron chi connectivity index (χ3n) is 3.32. The van der Waals surface area contributed by atoms with Crippen LogP contribution in [0, 0.1) is 5.82 Å². The molecule has 0 aromatic heterocycles. The van der Waals surface area contributed by atoms with Gasteiger partial charge in [-0.1, -0.05) is 12.1 Å². The summed E-state index contributed by atoms with van der Waals surface area (Å²) in [6, 6.07) is 5.13. The number of nitrogens with one attached hydrogen (secondary N) is 2. The van der Waals surface area contributed by atoms with Gasteiger partial charge in [0, 0.05) is 13.1 Å². The van der Waals surface area contributed by atoms with Crippen LogP contribution >= 0.6 is 12.4 Å². The summed E-state index contributed by atoms with van der Waals surface area (Å²) in [6.45, 7) is 3.12. The van der Waals surface area contributed by atoms with Gasteiger partial charge in [-0.3, -0.25) is 4.79 Å². The maximum Gasteiger partial charge on any atom is 0.239 e. The predicted octanol–water partition coefficient (Wildman–Crippen LogP) is 0.774. The molecule has 1 aromatic carbocycles. The second-order valence-electron chi connectivity index (χ2n) is 4.82. The van der Waals surface area contributed by atoms with Crippen LogP contribution in [0.2, 0.25) is 0 Å². The quantitative estimate of drug-likeness (QED) is 0.767. The summed E-state index contributed by atoms with van der Waals surface area (Å²) >= 11 is 0. The standard InChI is InChI=1S/C14H19FN2O3.ClH/c1-9-13(16-6-7-20-9)14(19)17-8-12(18)10-2-4-11(15)5-3-10;/h2-5,9,12-13,16,18H,6-8H2,1H3,(H,17,19);1H/t9-,12?,13+;/m1./s1. The fourth-order valence-electron chi connectivity index (χ4n) is 2.14. The average molecular weight is 319 g/mol. The minimum absolute atomic E-state index is 0. The lowest BCUT2D eigenvalue weighted by atomic mass is 10.1. The minimum Gasteiger partial charge on any atom is -0.387 e. The van der Waals surface area contributed by atoms with Crippen LogP contribution in [0.15, 0.2) is 24.3 Å². The largest absolute Gasteiger partial charge is 0.387 e. The number of aliphatic hydroxyl groups excluding tert-OH is 1. The number of ether oxygens (including phenoxy) is 1. The van der Waals surface area contributed by atoms with Gasteiger partial charge in [0.05, 0.1) is 18.8 Å². The second-order valence-corrected chi connectivity index (χ2v) is 4.82. The molecule has 1 aromatic rings. The molecule has 0 radical (unpaired) electrons.